The van der Waals surface area contributed by atoms with Crippen LogP contribution in [0, 0.1) is 5.82 Å². The second-order valence-corrected chi connectivity index (χ2v) is 4.49. The van der Waals surface area contributed by atoms with Crippen LogP contribution in [-0.2, 0) is 0 Å². The van der Waals surface area contributed by atoms with Gasteiger partial charge in [0, 0.05) is 23.4 Å². The molecule has 0 radical (unpaired) electrons. The molecule has 1 N–H and O–H groups in total. The molecule has 1 aromatic carbocycles. The first-order chi connectivity index (χ1) is 8.08. The van der Waals surface area contributed by atoms with Gasteiger partial charge in [0.2, 0.25) is 0 Å². The van der Waals surface area contributed by atoms with Crippen LogP contribution in [0.2, 0.25) is 0 Å². The minimum absolute atomic E-state index is 0.221. The van der Waals surface area contributed by atoms with E-state index in [-0.39, 0.29) is 11.7 Å². The molecule has 0 aliphatic heterocycles. The minimum atomic E-state index is -0.366. The number of nitrogens with one attached hydrogen (secondary N) is 1. The molecule has 5 heteroatoms. The molecule has 1 amide bonds. The Balaban J connectivity index is 2.26. The first kappa shape index (κ1) is 11.9. The molecule has 0 atom stereocenters. The van der Waals surface area contributed by atoms with Gasteiger partial charge in [-0.3, -0.25) is 4.79 Å². The lowest BCUT2D eigenvalue weighted by Crippen LogP contribution is -2.26. The highest BCUT2D eigenvalue weighted by Crippen LogP contribution is 2.18. The van der Waals surface area contributed by atoms with Crippen LogP contribution in [0.3, 0.4) is 0 Å². The number of nitrogens with zero attached hydrogens (tertiary/aromatic N) is 1. The van der Waals surface area contributed by atoms with Crippen molar-refractivity contribution in [3.63, 3.8) is 0 Å². The zero-order valence-corrected chi connectivity index (χ0v) is 10.7. The lowest BCUT2D eigenvalue weighted by atomic mass is 10.2. The van der Waals surface area contributed by atoms with Gasteiger partial charge in [-0.15, -0.1) is 0 Å². The molecule has 0 bridgehead atoms. The third-order valence-corrected chi connectivity index (χ3v) is 2.84. The van der Waals surface area contributed by atoms with Crippen LogP contribution in [-0.4, -0.2) is 17.9 Å². The molecule has 0 saturated carbocycles. The zero-order chi connectivity index (χ0) is 12.4. The highest BCUT2D eigenvalue weighted by atomic mass is 79.9. The van der Waals surface area contributed by atoms with Gasteiger partial charge in [-0.05, 0) is 40.2 Å². The molecule has 0 spiro atoms. The number of benzene rings is 1. The van der Waals surface area contributed by atoms with Crippen molar-refractivity contribution in [3.05, 3.63) is 52.5 Å². The number of hydrogen-bond donors (Lipinski definition) is 1. The zero-order valence-electron chi connectivity index (χ0n) is 9.08. The van der Waals surface area contributed by atoms with Gasteiger partial charge in [-0.25, -0.2) is 4.39 Å². The number of H-pyrrole nitrogens is 1. The normalized spacial score (nSPS) is 10.3. The second kappa shape index (κ2) is 4.71. The van der Waals surface area contributed by atoms with E-state index in [0.717, 1.165) is 4.47 Å². The summed E-state index contributed by atoms with van der Waals surface area (Å²) in [6.45, 7) is 0. The largest absolute Gasteiger partial charge is 0.356 e. The number of rotatable bonds is 2. The van der Waals surface area contributed by atoms with E-state index >= 15 is 0 Å². The Kier molecular flexibility index (Phi) is 3.28. The van der Waals surface area contributed by atoms with Crippen LogP contribution in [0.5, 0.6) is 0 Å². The number of hydrogen-bond acceptors (Lipinski definition) is 1. The fourth-order valence-corrected chi connectivity index (χ4v) is 1.82. The molecule has 1 aromatic heterocycles. The predicted molar refractivity (Wildman–Crippen MR) is 67.6 cm³/mol. The summed E-state index contributed by atoms with van der Waals surface area (Å²) >= 11 is 3.26. The number of anilines is 1. The van der Waals surface area contributed by atoms with Crippen molar-refractivity contribution in [2.45, 2.75) is 0 Å². The van der Waals surface area contributed by atoms with Crippen molar-refractivity contribution < 1.29 is 9.18 Å². The van der Waals surface area contributed by atoms with Gasteiger partial charge in [0.25, 0.3) is 5.91 Å². The van der Waals surface area contributed by atoms with E-state index in [0.29, 0.717) is 11.4 Å². The van der Waals surface area contributed by atoms with Gasteiger partial charge in [0.1, 0.15) is 11.5 Å². The third kappa shape index (κ3) is 2.55. The monoisotopic (exact) mass is 296 g/mol. The number of halogens is 2. The fourth-order valence-electron chi connectivity index (χ4n) is 1.47. The average molecular weight is 297 g/mol. The topological polar surface area (TPSA) is 36.1 Å². The Morgan fingerprint density at radius 1 is 1.41 bits per heavy atom. The van der Waals surface area contributed by atoms with Gasteiger partial charge < -0.3 is 9.88 Å². The van der Waals surface area contributed by atoms with Gasteiger partial charge in [-0.2, -0.15) is 0 Å². The molecule has 1 heterocycles. The van der Waals surface area contributed by atoms with Gasteiger partial charge in [0.05, 0.1) is 0 Å². The van der Waals surface area contributed by atoms with Crippen molar-refractivity contribution in [2.24, 2.45) is 0 Å². The van der Waals surface area contributed by atoms with Crippen LogP contribution in [0.15, 0.2) is 41.0 Å². The molecule has 0 fully saturated rings. The molecule has 88 valence electrons. The number of amides is 1. The van der Waals surface area contributed by atoms with Crippen LogP contribution >= 0.6 is 15.9 Å². The van der Waals surface area contributed by atoms with Crippen LogP contribution in [0.1, 0.15) is 10.5 Å². The summed E-state index contributed by atoms with van der Waals surface area (Å²) in [7, 11) is 1.60. The van der Waals surface area contributed by atoms with Gasteiger partial charge in [-0.1, -0.05) is 6.07 Å². The molecule has 3 nitrogen and oxygen atoms in total. The summed E-state index contributed by atoms with van der Waals surface area (Å²) in [5, 5.41) is 0. The standard InChI is InChI=1S/C12H10BrFN2O/c1-16(10-4-2-3-9(14)6-10)12(17)11-5-8(13)7-15-11/h2-7,15H,1H3. The molecular weight excluding hydrogens is 287 g/mol. The molecular formula is C12H10BrFN2O. The molecule has 0 saturated heterocycles. The number of aromatic amines is 1. The maximum Gasteiger partial charge on any atom is 0.274 e. The molecule has 0 aliphatic rings. The average Bonchev–Trinajstić information content (AvgIpc) is 2.74. The molecule has 17 heavy (non-hydrogen) atoms. The van der Waals surface area contributed by atoms with E-state index in [4.69, 9.17) is 0 Å². The Morgan fingerprint density at radius 3 is 2.76 bits per heavy atom. The Bertz CT molecular complexity index is 553. The van der Waals surface area contributed by atoms with Crippen molar-refractivity contribution in [3.8, 4) is 0 Å². The highest BCUT2D eigenvalue weighted by Gasteiger charge is 2.15. The van der Waals surface area contributed by atoms with Gasteiger partial charge >= 0.3 is 0 Å². The quantitative estimate of drug-likeness (QED) is 0.908. The summed E-state index contributed by atoms with van der Waals surface area (Å²) in [6.07, 6.45) is 1.67. The Morgan fingerprint density at radius 2 is 2.18 bits per heavy atom. The summed E-state index contributed by atoms with van der Waals surface area (Å²) in [6, 6.07) is 7.58. The molecule has 2 aromatic rings. The lowest BCUT2D eigenvalue weighted by Gasteiger charge is -2.16. The van der Waals surface area contributed by atoms with Crippen molar-refractivity contribution in [1.82, 2.24) is 4.98 Å². The first-order valence-corrected chi connectivity index (χ1v) is 5.75. The minimum Gasteiger partial charge on any atom is -0.356 e. The van der Waals surface area contributed by atoms with Crippen LogP contribution in [0.25, 0.3) is 0 Å². The molecule has 0 unspecified atom stereocenters. The van der Waals surface area contributed by atoms with E-state index in [9.17, 15) is 9.18 Å². The highest BCUT2D eigenvalue weighted by molar-refractivity contribution is 9.10. The van der Waals surface area contributed by atoms with E-state index < -0.39 is 0 Å². The summed E-state index contributed by atoms with van der Waals surface area (Å²) in [5.74, 6) is -0.587. The Labute approximate surface area is 106 Å². The smallest absolute Gasteiger partial charge is 0.274 e. The number of aromatic nitrogens is 1. The van der Waals surface area contributed by atoms with Crippen molar-refractivity contribution in [2.75, 3.05) is 11.9 Å². The van der Waals surface area contributed by atoms with Gasteiger partial charge in [0.15, 0.2) is 0 Å². The third-order valence-electron chi connectivity index (χ3n) is 2.38. The Hall–Kier alpha value is -1.62. The van der Waals surface area contributed by atoms with E-state index in [1.54, 1.807) is 31.4 Å². The van der Waals surface area contributed by atoms with E-state index in [1.807, 2.05) is 0 Å². The van der Waals surface area contributed by atoms with E-state index in [2.05, 4.69) is 20.9 Å². The van der Waals surface area contributed by atoms with E-state index in [1.165, 1.54) is 17.0 Å². The van der Waals surface area contributed by atoms with Crippen molar-refractivity contribution in [1.29, 1.82) is 0 Å². The summed E-state index contributed by atoms with van der Waals surface area (Å²) in [4.78, 5) is 16.3. The maximum atomic E-state index is 13.0. The first-order valence-electron chi connectivity index (χ1n) is 4.95. The number of carbonyl (C=O) groups is 1. The predicted octanol–water partition coefficient (Wildman–Crippen LogP) is 3.19. The summed E-state index contributed by atoms with van der Waals surface area (Å²) in [5.41, 5.74) is 0.962. The SMILES string of the molecule is CN(C(=O)c1cc(Br)c[nH]1)c1cccc(F)c1. The summed E-state index contributed by atoms with van der Waals surface area (Å²) < 4.78 is 13.8. The lowest BCUT2D eigenvalue weighted by molar-refractivity contribution is 0.0989. The van der Waals surface area contributed by atoms with Crippen molar-refractivity contribution >= 4 is 27.5 Å². The molecule has 2 rings (SSSR count). The maximum absolute atomic E-state index is 13.0. The fraction of sp³-hybridized carbons (Fsp3) is 0.0833. The van der Waals surface area contributed by atoms with Crippen LogP contribution < -0.4 is 4.90 Å². The number of carbonyl (C=O) groups excluding carboxylic acids is 1. The molecule has 0 aliphatic carbocycles. The van der Waals surface area contributed by atoms with Crippen LogP contribution in [0.4, 0.5) is 10.1 Å². The second-order valence-electron chi connectivity index (χ2n) is 3.58.